The van der Waals surface area contributed by atoms with Crippen LogP contribution in [0.1, 0.15) is 24.8 Å². The predicted molar refractivity (Wildman–Crippen MR) is 81.3 cm³/mol. The van der Waals surface area contributed by atoms with Gasteiger partial charge in [-0.3, -0.25) is 0 Å². The number of hydrogen-bond donors (Lipinski definition) is 2. The number of likely N-dealkylation sites (tertiary alicyclic amines) is 1. The van der Waals surface area contributed by atoms with Crippen LogP contribution in [0.4, 0.5) is 0 Å². The Morgan fingerprint density at radius 3 is 2.67 bits per heavy atom. The number of amidine groups is 1. The van der Waals surface area contributed by atoms with Gasteiger partial charge < -0.3 is 15.8 Å². The largest absolute Gasteiger partial charge is 0.409 e. The molecule has 0 radical (unpaired) electrons. The summed E-state index contributed by atoms with van der Waals surface area (Å²) in [5.74, 6) is -0.00446. The van der Waals surface area contributed by atoms with Gasteiger partial charge in [0.15, 0.2) is 15.7 Å². The van der Waals surface area contributed by atoms with Crippen LogP contribution >= 0.6 is 0 Å². The lowest BCUT2D eigenvalue weighted by Crippen LogP contribution is -2.34. The first kappa shape index (κ1) is 15.8. The summed E-state index contributed by atoms with van der Waals surface area (Å²) in [5, 5.41) is 11.6. The molecular weight excluding hydrogens is 290 g/mol. The first-order valence-electron chi connectivity index (χ1n) is 7.06. The molecular formula is C14H21N3O3S. The van der Waals surface area contributed by atoms with Gasteiger partial charge in [0.2, 0.25) is 0 Å². The first-order valence-corrected chi connectivity index (χ1v) is 8.71. The van der Waals surface area contributed by atoms with E-state index in [9.17, 15) is 8.42 Å². The average Bonchev–Trinajstić information content (AvgIpc) is 2.53. The van der Waals surface area contributed by atoms with Crippen molar-refractivity contribution in [3.05, 3.63) is 29.8 Å². The third kappa shape index (κ3) is 4.18. The van der Waals surface area contributed by atoms with E-state index in [-0.39, 0.29) is 16.5 Å². The lowest BCUT2D eigenvalue weighted by molar-refractivity contribution is 0.241. The van der Waals surface area contributed by atoms with Crippen molar-refractivity contribution >= 4 is 15.7 Å². The van der Waals surface area contributed by atoms with Crippen molar-refractivity contribution in [2.45, 2.75) is 24.2 Å². The molecule has 0 aliphatic carbocycles. The molecule has 116 valence electrons. The third-order valence-electron chi connectivity index (χ3n) is 3.72. The normalized spacial score (nSPS) is 17.8. The standard InChI is InChI=1S/C14H21N3O3S/c15-14(16-18)12-5-4-6-13(11-12)21(19,20)10-9-17-7-2-1-3-8-17/h4-6,11,18H,1-3,7-10H2,(H2,15,16). The van der Waals surface area contributed by atoms with Crippen molar-refractivity contribution in [2.24, 2.45) is 10.9 Å². The van der Waals surface area contributed by atoms with Crippen LogP contribution in [0.2, 0.25) is 0 Å². The predicted octanol–water partition coefficient (Wildman–Crippen LogP) is 1.04. The zero-order valence-electron chi connectivity index (χ0n) is 11.9. The van der Waals surface area contributed by atoms with Crippen LogP contribution in [0.25, 0.3) is 0 Å². The van der Waals surface area contributed by atoms with E-state index in [1.807, 2.05) is 0 Å². The minimum atomic E-state index is -3.36. The lowest BCUT2D eigenvalue weighted by atomic mass is 10.1. The molecule has 1 aliphatic rings. The van der Waals surface area contributed by atoms with E-state index in [4.69, 9.17) is 10.9 Å². The summed E-state index contributed by atoms with van der Waals surface area (Å²) in [6.45, 7) is 2.50. The number of rotatable bonds is 5. The van der Waals surface area contributed by atoms with Crippen molar-refractivity contribution in [2.75, 3.05) is 25.4 Å². The van der Waals surface area contributed by atoms with E-state index in [0.29, 0.717) is 12.1 Å². The molecule has 0 unspecified atom stereocenters. The second-order valence-corrected chi connectivity index (χ2v) is 7.34. The third-order valence-corrected chi connectivity index (χ3v) is 5.41. The topological polar surface area (TPSA) is 96.0 Å². The van der Waals surface area contributed by atoms with E-state index in [1.165, 1.54) is 12.5 Å². The van der Waals surface area contributed by atoms with Crippen LogP contribution in [0, 0.1) is 0 Å². The van der Waals surface area contributed by atoms with Crippen LogP contribution in [0.5, 0.6) is 0 Å². The van der Waals surface area contributed by atoms with Gasteiger partial charge in [-0.25, -0.2) is 8.42 Å². The Hall–Kier alpha value is -1.60. The SMILES string of the molecule is N/C(=N/O)c1cccc(S(=O)(=O)CCN2CCCCC2)c1. The van der Waals surface area contributed by atoms with Crippen LogP contribution in [-0.4, -0.2) is 49.7 Å². The molecule has 3 N–H and O–H groups in total. The monoisotopic (exact) mass is 311 g/mol. The molecule has 1 aliphatic heterocycles. The van der Waals surface area contributed by atoms with Gasteiger partial charge in [0.05, 0.1) is 10.6 Å². The van der Waals surface area contributed by atoms with Gasteiger partial charge in [0, 0.05) is 12.1 Å². The molecule has 2 rings (SSSR count). The van der Waals surface area contributed by atoms with Crippen molar-refractivity contribution in [3.63, 3.8) is 0 Å². The summed E-state index contributed by atoms with van der Waals surface area (Å²) >= 11 is 0. The maximum Gasteiger partial charge on any atom is 0.179 e. The van der Waals surface area contributed by atoms with Crippen molar-refractivity contribution in [1.82, 2.24) is 4.90 Å². The number of oxime groups is 1. The van der Waals surface area contributed by atoms with E-state index >= 15 is 0 Å². The number of piperidine rings is 1. The lowest BCUT2D eigenvalue weighted by Gasteiger charge is -2.26. The zero-order chi connectivity index (χ0) is 15.3. The smallest absolute Gasteiger partial charge is 0.179 e. The summed E-state index contributed by atoms with van der Waals surface area (Å²) in [7, 11) is -3.36. The van der Waals surface area contributed by atoms with Gasteiger partial charge in [-0.05, 0) is 38.1 Å². The Bertz CT molecular complexity index is 608. The Morgan fingerprint density at radius 2 is 2.00 bits per heavy atom. The molecule has 1 aromatic rings. The molecule has 7 heteroatoms. The molecule has 0 saturated carbocycles. The molecule has 0 aromatic heterocycles. The van der Waals surface area contributed by atoms with Gasteiger partial charge in [0.1, 0.15) is 0 Å². The summed E-state index contributed by atoms with van der Waals surface area (Å²) in [6, 6.07) is 6.19. The second-order valence-electron chi connectivity index (χ2n) is 5.23. The highest BCUT2D eigenvalue weighted by molar-refractivity contribution is 7.91. The summed E-state index contributed by atoms with van der Waals surface area (Å²) in [4.78, 5) is 2.40. The Morgan fingerprint density at radius 1 is 1.29 bits per heavy atom. The van der Waals surface area contributed by atoms with Crippen molar-refractivity contribution in [3.8, 4) is 0 Å². The highest BCUT2D eigenvalue weighted by Crippen LogP contribution is 2.15. The Balaban J connectivity index is 2.08. The van der Waals surface area contributed by atoms with Crippen LogP contribution in [0.3, 0.4) is 0 Å². The molecule has 0 amide bonds. The quantitative estimate of drug-likeness (QED) is 0.366. The molecule has 6 nitrogen and oxygen atoms in total. The first-order chi connectivity index (χ1) is 10.0. The van der Waals surface area contributed by atoms with Crippen molar-refractivity contribution in [1.29, 1.82) is 0 Å². The molecule has 0 spiro atoms. The molecule has 21 heavy (non-hydrogen) atoms. The van der Waals surface area contributed by atoms with Gasteiger partial charge in [0.25, 0.3) is 0 Å². The van der Waals surface area contributed by atoms with E-state index < -0.39 is 9.84 Å². The fraction of sp³-hybridized carbons (Fsp3) is 0.500. The summed E-state index contributed by atoms with van der Waals surface area (Å²) < 4.78 is 24.7. The fourth-order valence-electron chi connectivity index (χ4n) is 2.46. The second kappa shape index (κ2) is 6.91. The van der Waals surface area contributed by atoms with E-state index in [1.54, 1.807) is 18.2 Å². The minimum absolute atomic E-state index is 0.0899. The zero-order valence-corrected chi connectivity index (χ0v) is 12.7. The maximum atomic E-state index is 12.4. The Labute approximate surface area is 125 Å². The number of benzene rings is 1. The van der Waals surface area contributed by atoms with Gasteiger partial charge >= 0.3 is 0 Å². The molecule has 0 atom stereocenters. The van der Waals surface area contributed by atoms with Crippen LogP contribution in [0.15, 0.2) is 34.3 Å². The molecule has 1 aromatic carbocycles. The molecule has 0 bridgehead atoms. The number of sulfone groups is 1. The highest BCUT2D eigenvalue weighted by Gasteiger charge is 2.18. The summed E-state index contributed by atoms with van der Waals surface area (Å²) in [5.41, 5.74) is 5.89. The van der Waals surface area contributed by atoms with Gasteiger partial charge in [-0.1, -0.05) is 23.7 Å². The van der Waals surface area contributed by atoms with E-state index in [0.717, 1.165) is 25.9 Å². The summed E-state index contributed by atoms with van der Waals surface area (Å²) in [6.07, 6.45) is 3.50. The van der Waals surface area contributed by atoms with E-state index in [2.05, 4.69) is 10.1 Å². The number of hydrogen-bond acceptors (Lipinski definition) is 5. The maximum absolute atomic E-state index is 12.4. The van der Waals surface area contributed by atoms with Gasteiger partial charge in [-0.15, -0.1) is 0 Å². The fourth-order valence-corrected chi connectivity index (χ4v) is 3.78. The molecule has 1 fully saturated rings. The number of nitrogens with two attached hydrogens (primary N) is 1. The van der Waals surface area contributed by atoms with Gasteiger partial charge in [-0.2, -0.15) is 0 Å². The molecule has 1 heterocycles. The van der Waals surface area contributed by atoms with Crippen LogP contribution < -0.4 is 5.73 Å². The Kier molecular flexibility index (Phi) is 5.19. The van der Waals surface area contributed by atoms with Crippen molar-refractivity contribution < 1.29 is 13.6 Å². The molecule has 1 saturated heterocycles. The minimum Gasteiger partial charge on any atom is -0.409 e. The average molecular weight is 311 g/mol. The number of nitrogens with zero attached hydrogens (tertiary/aromatic N) is 2. The van der Waals surface area contributed by atoms with Crippen LogP contribution in [-0.2, 0) is 9.84 Å². The highest BCUT2D eigenvalue weighted by atomic mass is 32.2.